The van der Waals surface area contributed by atoms with Gasteiger partial charge in [0, 0.05) is 29.4 Å². The minimum atomic E-state index is -0.280. The number of nitrogens with one attached hydrogen (secondary N) is 1. The zero-order valence-electron chi connectivity index (χ0n) is 16.0. The van der Waals surface area contributed by atoms with Gasteiger partial charge >= 0.3 is 0 Å². The smallest absolute Gasteiger partial charge is 0.262 e. The zero-order valence-corrected chi connectivity index (χ0v) is 19.8. The Morgan fingerprint density at radius 1 is 1.24 bits per heavy atom. The van der Waals surface area contributed by atoms with E-state index in [2.05, 4.69) is 32.8 Å². The summed E-state index contributed by atoms with van der Waals surface area (Å²) in [6.45, 7) is 1.83. The second kappa shape index (κ2) is 10.4. The van der Waals surface area contributed by atoms with Gasteiger partial charge in [-0.05, 0) is 72.2 Å². The molecule has 1 aliphatic heterocycles. The average Bonchev–Trinajstić information content (AvgIpc) is 2.72. The third-order valence-electron chi connectivity index (χ3n) is 4.58. The molecule has 2 aromatic rings. The quantitative estimate of drug-likeness (QED) is 0.404. The molecule has 0 aromatic heterocycles. The van der Waals surface area contributed by atoms with Crippen molar-refractivity contribution in [2.75, 3.05) is 32.1 Å². The molecule has 1 amide bonds. The molecular weight excluding hydrogens is 523 g/mol. The van der Waals surface area contributed by atoms with E-state index < -0.39 is 0 Å². The molecule has 1 saturated heterocycles. The van der Waals surface area contributed by atoms with Gasteiger partial charge in [-0.15, -0.1) is 0 Å². The van der Waals surface area contributed by atoms with Crippen LogP contribution in [0.4, 0.5) is 5.69 Å². The minimum absolute atomic E-state index is 0.144. The third kappa shape index (κ3) is 5.96. The number of benzene rings is 2. The number of carbonyl (C=O) groups is 1. The number of nitrogens with zero attached hydrogens (tertiary/aromatic N) is 1. The second-order valence-corrected chi connectivity index (χ2v) is 8.67. The summed E-state index contributed by atoms with van der Waals surface area (Å²) in [5.41, 5.74) is 1.55. The van der Waals surface area contributed by atoms with Crippen LogP contribution in [0.3, 0.4) is 0 Å². The van der Waals surface area contributed by atoms with E-state index in [1.54, 1.807) is 31.4 Å². The molecule has 5 nitrogen and oxygen atoms in total. The van der Waals surface area contributed by atoms with Gasteiger partial charge in [-0.25, -0.2) is 0 Å². The molecule has 0 radical (unpaired) electrons. The van der Waals surface area contributed by atoms with Crippen molar-refractivity contribution in [1.29, 1.82) is 0 Å². The Hall–Kier alpha value is -1.58. The highest BCUT2D eigenvalue weighted by Gasteiger charge is 2.19. The van der Waals surface area contributed by atoms with Crippen molar-refractivity contribution in [3.05, 3.63) is 50.6 Å². The largest absolute Gasteiger partial charge is 0.493 e. The summed E-state index contributed by atoms with van der Waals surface area (Å²) in [5.74, 6) is 0.805. The van der Waals surface area contributed by atoms with Crippen LogP contribution in [0.25, 0.3) is 0 Å². The first-order valence-corrected chi connectivity index (χ1v) is 11.2. The fourth-order valence-electron chi connectivity index (χ4n) is 3.16. The van der Waals surface area contributed by atoms with E-state index in [0.717, 1.165) is 40.1 Å². The van der Waals surface area contributed by atoms with Crippen molar-refractivity contribution in [1.82, 2.24) is 4.90 Å². The first-order valence-electron chi connectivity index (χ1n) is 9.33. The van der Waals surface area contributed by atoms with Crippen molar-refractivity contribution < 1.29 is 14.3 Å². The molecule has 2 aromatic carbocycles. The Morgan fingerprint density at radius 2 is 2.00 bits per heavy atom. The molecule has 8 heteroatoms. The van der Waals surface area contributed by atoms with Crippen molar-refractivity contribution in [3.63, 3.8) is 0 Å². The van der Waals surface area contributed by atoms with Crippen molar-refractivity contribution >= 4 is 63.0 Å². The van der Waals surface area contributed by atoms with E-state index in [9.17, 15) is 4.79 Å². The molecular formula is C21H22ClIN2O3S. The van der Waals surface area contributed by atoms with Gasteiger partial charge in [0.15, 0.2) is 18.1 Å². The topological polar surface area (TPSA) is 50.8 Å². The van der Waals surface area contributed by atoms with Gasteiger partial charge in [0.1, 0.15) is 4.99 Å². The van der Waals surface area contributed by atoms with Crippen molar-refractivity contribution in [2.45, 2.75) is 19.3 Å². The summed E-state index contributed by atoms with van der Waals surface area (Å²) in [4.78, 5) is 15.3. The van der Waals surface area contributed by atoms with E-state index in [-0.39, 0.29) is 12.5 Å². The lowest BCUT2D eigenvalue weighted by molar-refractivity contribution is -0.118. The fourth-order valence-corrected chi connectivity index (χ4v) is 4.41. The first kappa shape index (κ1) is 22.1. The van der Waals surface area contributed by atoms with Gasteiger partial charge in [-0.1, -0.05) is 29.9 Å². The maximum Gasteiger partial charge on any atom is 0.262 e. The number of rotatable bonds is 6. The van der Waals surface area contributed by atoms with Gasteiger partial charge in [-0.2, -0.15) is 0 Å². The summed E-state index contributed by atoms with van der Waals surface area (Å²) in [6, 6.07) is 10.8. The monoisotopic (exact) mass is 544 g/mol. The Morgan fingerprint density at radius 3 is 2.69 bits per heavy atom. The number of amides is 1. The highest BCUT2D eigenvalue weighted by atomic mass is 127. The summed E-state index contributed by atoms with van der Waals surface area (Å²) in [5, 5.41) is 3.32. The molecule has 0 bridgehead atoms. The number of methoxy groups -OCH3 is 1. The van der Waals surface area contributed by atoms with E-state index in [4.69, 9.17) is 33.3 Å². The van der Waals surface area contributed by atoms with Crippen LogP contribution in [0.15, 0.2) is 36.4 Å². The molecule has 1 N–H and O–H groups in total. The van der Waals surface area contributed by atoms with E-state index in [1.165, 1.54) is 6.42 Å². The number of carbonyl (C=O) groups excluding carboxylic acids is 1. The number of hydrogen-bond acceptors (Lipinski definition) is 4. The lowest BCUT2D eigenvalue weighted by Crippen LogP contribution is -2.35. The van der Waals surface area contributed by atoms with Crippen molar-refractivity contribution in [2.24, 2.45) is 0 Å². The Kier molecular flexibility index (Phi) is 7.97. The molecule has 3 rings (SSSR count). The van der Waals surface area contributed by atoms with Gasteiger partial charge in [0.25, 0.3) is 5.91 Å². The SMILES string of the molecule is COc1cc(C(=S)N2CCCCC2)cc(I)c1OCC(=O)Nc1cccc(Cl)c1. The Balaban J connectivity index is 1.68. The van der Waals surface area contributed by atoms with E-state index in [0.29, 0.717) is 22.2 Å². The van der Waals surface area contributed by atoms with Crippen LogP contribution in [-0.4, -0.2) is 42.6 Å². The van der Waals surface area contributed by atoms with Crippen molar-refractivity contribution in [3.8, 4) is 11.5 Å². The second-order valence-electron chi connectivity index (χ2n) is 6.69. The van der Waals surface area contributed by atoms with Gasteiger partial charge in [-0.3, -0.25) is 4.79 Å². The number of likely N-dealkylation sites (tertiary alicyclic amines) is 1. The average molecular weight is 545 g/mol. The minimum Gasteiger partial charge on any atom is -0.493 e. The summed E-state index contributed by atoms with van der Waals surface area (Å²) in [6.07, 6.45) is 3.58. The molecule has 0 saturated carbocycles. The molecule has 1 fully saturated rings. The van der Waals surface area contributed by atoms with Crippen LogP contribution in [0.2, 0.25) is 5.02 Å². The molecule has 154 valence electrons. The first-order chi connectivity index (χ1) is 14.0. The Bertz CT molecular complexity index is 903. The van der Waals surface area contributed by atoms with Gasteiger partial charge < -0.3 is 19.7 Å². The van der Waals surface area contributed by atoms with Crippen LogP contribution in [0.5, 0.6) is 11.5 Å². The lowest BCUT2D eigenvalue weighted by Gasteiger charge is -2.29. The normalized spacial score (nSPS) is 13.7. The summed E-state index contributed by atoms with van der Waals surface area (Å²) in [7, 11) is 1.58. The number of thiocarbonyl (C=S) groups is 1. The Labute approximate surface area is 194 Å². The molecule has 0 atom stereocenters. The zero-order chi connectivity index (χ0) is 20.8. The van der Waals surface area contributed by atoms with Gasteiger partial charge in [0.05, 0.1) is 10.7 Å². The third-order valence-corrected chi connectivity index (χ3v) is 6.11. The summed E-state index contributed by atoms with van der Waals surface area (Å²) < 4.78 is 12.1. The molecule has 29 heavy (non-hydrogen) atoms. The van der Waals surface area contributed by atoms with Crippen LogP contribution in [0, 0.1) is 3.57 Å². The number of piperidine rings is 1. The maximum atomic E-state index is 12.2. The van der Waals surface area contributed by atoms with E-state index >= 15 is 0 Å². The standard InChI is InChI=1S/C21H22ClIN2O3S/c1-27-18-11-14(21(29)25-8-3-2-4-9-25)10-17(23)20(18)28-13-19(26)24-16-7-5-6-15(22)12-16/h5-7,10-12H,2-4,8-9,13H2,1H3,(H,24,26). The predicted molar refractivity (Wildman–Crippen MR) is 128 cm³/mol. The maximum absolute atomic E-state index is 12.2. The van der Waals surface area contributed by atoms with Crippen LogP contribution in [-0.2, 0) is 4.79 Å². The van der Waals surface area contributed by atoms with Crippen LogP contribution < -0.4 is 14.8 Å². The molecule has 1 aliphatic rings. The van der Waals surface area contributed by atoms with E-state index in [1.807, 2.05) is 12.1 Å². The van der Waals surface area contributed by atoms with Crippen LogP contribution in [0.1, 0.15) is 24.8 Å². The molecule has 0 aliphatic carbocycles. The summed E-state index contributed by atoms with van der Waals surface area (Å²) >= 11 is 13.8. The predicted octanol–water partition coefficient (Wildman–Crippen LogP) is 5.13. The molecule has 0 spiro atoms. The molecule has 0 unspecified atom stereocenters. The van der Waals surface area contributed by atoms with Crippen LogP contribution >= 0.6 is 46.4 Å². The molecule has 1 heterocycles. The number of hydrogen-bond donors (Lipinski definition) is 1. The number of halogens is 2. The highest BCUT2D eigenvalue weighted by molar-refractivity contribution is 14.1. The lowest BCUT2D eigenvalue weighted by atomic mass is 10.1. The number of ether oxygens (including phenoxy) is 2. The highest BCUT2D eigenvalue weighted by Crippen LogP contribution is 2.34. The van der Waals surface area contributed by atoms with Gasteiger partial charge in [0.2, 0.25) is 0 Å². The fraction of sp³-hybridized carbons (Fsp3) is 0.333. The number of anilines is 1.